The molecule has 32 heavy (non-hydrogen) atoms. The Morgan fingerprint density at radius 1 is 1.06 bits per heavy atom. The zero-order chi connectivity index (χ0) is 22.3. The first-order valence-electron chi connectivity index (χ1n) is 9.55. The van der Waals surface area contributed by atoms with E-state index in [0.29, 0.717) is 30.5 Å². The van der Waals surface area contributed by atoms with E-state index in [2.05, 4.69) is 20.7 Å². The first-order valence-corrected chi connectivity index (χ1v) is 11.3. The van der Waals surface area contributed by atoms with Crippen molar-refractivity contribution >= 4 is 52.2 Å². The number of nitrogens with one attached hydrogen (secondary N) is 2. The van der Waals surface area contributed by atoms with Gasteiger partial charge in [-0.05, 0) is 34.5 Å². The topological polar surface area (TPSA) is 115 Å². The molecule has 1 aromatic carbocycles. The van der Waals surface area contributed by atoms with E-state index in [4.69, 9.17) is 0 Å². The molecule has 0 amide bonds. The van der Waals surface area contributed by atoms with Gasteiger partial charge < -0.3 is 10.6 Å². The van der Waals surface area contributed by atoms with Crippen molar-refractivity contribution in [1.82, 2.24) is 14.8 Å². The Labute approximate surface area is 191 Å². The van der Waals surface area contributed by atoms with Gasteiger partial charge in [0.1, 0.15) is 0 Å². The highest BCUT2D eigenvalue weighted by Gasteiger charge is 2.15. The fourth-order valence-electron chi connectivity index (χ4n) is 2.79. The number of non-ortho nitro benzene ring substituents is 1. The van der Waals surface area contributed by atoms with Crippen LogP contribution in [-0.4, -0.2) is 25.6 Å². The Hall–Kier alpha value is -3.83. The molecule has 4 aromatic rings. The molecule has 0 spiro atoms. The fraction of sp³-hybridized carbons (Fsp3) is 0.0952. The molecular weight excluding hydrogens is 448 g/mol. The summed E-state index contributed by atoms with van der Waals surface area (Å²) >= 11 is 3.21. The van der Waals surface area contributed by atoms with Gasteiger partial charge in [0.15, 0.2) is 0 Å². The fourth-order valence-corrected chi connectivity index (χ4v) is 4.08. The molecule has 9 nitrogen and oxygen atoms in total. The number of aromatic nitrogens is 3. The van der Waals surface area contributed by atoms with Crippen molar-refractivity contribution in [3.8, 4) is 0 Å². The number of hydrogen-bond donors (Lipinski definition) is 2. The maximum Gasteiger partial charge on any atom is 0.274 e. The lowest BCUT2D eigenvalue weighted by atomic mass is 10.2. The number of rotatable bonds is 9. The normalized spacial score (nSPS) is 11.0. The van der Waals surface area contributed by atoms with Crippen LogP contribution in [0.15, 0.2) is 65.4 Å². The van der Waals surface area contributed by atoms with Crippen LogP contribution in [0.5, 0.6) is 0 Å². The summed E-state index contributed by atoms with van der Waals surface area (Å²) in [6.45, 7) is 1.05. The monoisotopic (exact) mass is 466 g/mol. The predicted molar refractivity (Wildman–Crippen MR) is 126 cm³/mol. The zero-order valence-corrected chi connectivity index (χ0v) is 18.3. The van der Waals surface area contributed by atoms with Crippen molar-refractivity contribution in [3.63, 3.8) is 0 Å². The third-order valence-corrected chi connectivity index (χ3v) is 6.07. The van der Waals surface area contributed by atoms with Crippen LogP contribution in [0.3, 0.4) is 0 Å². The summed E-state index contributed by atoms with van der Waals surface area (Å²) < 4.78 is 1.18. The van der Waals surface area contributed by atoms with Gasteiger partial charge in [-0.2, -0.15) is 9.67 Å². The first-order chi connectivity index (χ1) is 15.6. The Balaban J connectivity index is 1.53. The summed E-state index contributed by atoms with van der Waals surface area (Å²) in [6.07, 6.45) is 2.83. The number of allylic oxidation sites excluding steroid dienone is 1. The molecule has 2 N–H and O–H groups in total. The summed E-state index contributed by atoms with van der Waals surface area (Å²) in [4.78, 5) is 29.9. The summed E-state index contributed by atoms with van der Waals surface area (Å²) in [6, 6.07) is 13.9. The molecule has 0 aliphatic heterocycles. The van der Waals surface area contributed by atoms with Gasteiger partial charge in [0.05, 0.1) is 18.0 Å². The van der Waals surface area contributed by atoms with E-state index in [9.17, 15) is 14.9 Å². The van der Waals surface area contributed by atoms with Crippen molar-refractivity contribution in [2.45, 2.75) is 13.1 Å². The average molecular weight is 467 g/mol. The van der Waals surface area contributed by atoms with Crippen molar-refractivity contribution in [2.24, 2.45) is 0 Å². The second-order valence-corrected chi connectivity index (χ2v) is 8.62. The standard InChI is InChI=1S/C21H18N6O3S2/c28-19(9-8-15-4-1-5-16(12-15)27(29)30)26-21(23-14-18-7-3-11-32-18)24-20(25-26)22-13-17-6-2-10-31-17/h1-12H,13-14H2,(H2,22,23,24,25). The van der Waals surface area contributed by atoms with Gasteiger partial charge in [0, 0.05) is 28.0 Å². The largest absolute Gasteiger partial charge is 0.349 e. The smallest absolute Gasteiger partial charge is 0.274 e. The third kappa shape index (κ3) is 5.45. The molecule has 3 heterocycles. The molecule has 0 bridgehead atoms. The predicted octanol–water partition coefficient (Wildman–Crippen LogP) is 4.89. The lowest BCUT2D eigenvalue weighted by Gasteiger charge is -2.04. The summed E-state index contributed by atoms with van der Waals surface area (Å²) in [7, 11) is 0. The van der Waals surface area contributed by atoms with Gasteiger partial charge >= 0.3 is 0 Å². The minimum atomic E-state index is -0.477. The zero-order valence-electron chi connectivity index (χ0n) is 16.7. The minimum Gasteiger partial charge on any atom is -0.349 e. The third-order valence-electron chi connectivity index (χ3n) is 4.32. The lowest BCUT2D eigenvalue weighted by Crippen LogP contribution is -2.14. The maximum absolute atomic E-state index is 12.8. The second kappa shape index (κ2) is 9.98. The molecule has 0 saturated carbocycles. The molecule has 11 heteroatoms. The van der Waals surface area contributed by atoms with E-state index in [1.54, 1.807) is 34.8 Å². The van der Waals surface area contributed by atoms with E-state index in [-0.39, 0.29) is 5.69 Å². The van der Waals surface area contributed by atoms with Crippen molar-refractivity contribution in [2.75, 3.05) is 10.6 Å². The summed E-state index contributed by atoms with van der Waals surface area (Å²) in [5.41, 5.74) is 0.496. The molecule has 0 unspecified atom stereocenters. The molecule has 0 saturated heterocycles. The van der Waals surface area contributed by atoms with Crippen molar-refractivity contribution in [1.29, 1.82) is 0 Å². The number of thiophene rings is 2. The molecule has 4 rings (SSSR count). The van der Waals surface area contributed by atoms with Crippen molar-refractivity contribution < 1.29 is 9.72 Å². The van der Waals surface area contributed by atoms with Crippen LogP contribution in [0.25, 0.3) is 6.08 Å². The van der Waals surface area contributed by atoms with E-state index in [1.807, 2.05) is 35.0 Å². The molecule has 0 atom stereocenters. The molecule has 3 aromatic heterocycles. The Kier molecular flexibility index (Phi) is 6.68. The van der Waals surface area contributed by atoms with Crippen LogP contribution in [-0.2, 0) is 13.1 Å². The molecule has 0 radical (unpaired) electrons. The molecule has 0 aliphatic carbocycles. The number of nitro groups is 1. The first kappa shape index (κ1) is 21.4. The number of carbonyl (C=O) groups is 1. The quantitative estimate of drug-likeness (QED) is 0.205. The lowest BCUT2D eigenvalue weighted by molar-refractivity contribution is -0.384. The van der Waals surface area contributed by atoms with Gasteiger partial charge in [0.2, 0.25) is 11.9 Å². The number of nitrogens with zero attached hydrogens (tertiary/aromatic N) is 4. The maximum atomic E-state index is 12.8. The second-order valence-electron chi connectivity index (χ2n) is 6.56. The number of nitro benzene ring substituents is 1. The van der Waals surface area contributed by atoms with Gasteiger partial charge in [-0.15, -0.1) is 27.8 Å². The minimum absolute atomic E-state index is 0.0429. The average Bonchev–Trinajstić information content (AvgIpc) is 3.57. The number of benzene rings is 1. The SMILES string of the molecule is O=C(C=Cc1cccc([N+](=O)[O-])c1)n1nc(NCc2cccs2)nc1NCc1cccs1. The Morgan fingerprint density at radius 3 is 2.44 bits per heavy atom. The number of hydrogen-bond acceptors (Lipinski definition) is 9. The van der Waals surface area contributed by atoms with Crippen LogP contribution in [0.2, 0.25) is 0 Å². The van der Waals surface area contributed by atoms with E-state index < -0.39 is 10.8 Å². The van der Waals surface area contributed by atoms with Gasteiger partial charge in [-0.1, -0.05) is 24.3 Å². The summed E-state index contributed by atoms with van der Waals surface area (Å²) in [5, 5.41) is 25.5. The van der Waals surface area contributed by atoms with Crippen LogP contribution in [0.1, 0.15) is 20.1 Å². The van der Waals surface area contributed by atoms with Crippen molar-refractivity contribution in [3.05, 3.63) is 90.8 Å². The van der Waals surface area contributed by atoms with Crippen LogP contribution in [0.4, 0.5) is 17.6 Å². The highest BCUT2D eigenvalue weighted by molar-refractivity contribution is 7.10. The van der Waals surface area contributed by atoms with Crippen LogP contribution in [0, 0.1) is 10.1 Å². The summed E-state index contributed by atoms with van der Waals surface area (Å²) in [5.74, 6) is 0.201. The molecule has 0 fully saturated rings. The van der Waals surface area contributed by atoms with Gasteiger partial charge in [0.25, 0.3) is 11.6 Å². The molecule has 0 aliphatic rings. The number of anilines is 2. The van der Waals surface area contributed by atoms with Gasteiger partial charge in [-0.3, -0.25) is 14.9 Å². The van der Waals surface area contributed by atoms with E-state index >= 15 is 0 Å². The molecule has 162 valence electrons. The Bertz CT molecular complexity index is 1230. The van der Waals surface area contributed by atoms with E-state index in [0.717, 1.165) is 9.75 Å². The van der Waals surface area contributed by atoms with Crippen LogP contribution < -0.4 is 10.6 Å². The van der Waals surface area contributed by atoms with Gasteiger partial charge in [-0.25, -0.2) is 0 Å². The number of carbonyl (C=O) groups excluding carboxylic acids is 1. The van der Waals surface area contributed by atoms with E-state index in [1.165, 1.54) is 29.0 Å². The Morgan fingerprint density at radius 2 is 1.78 bits per heavy atom. The highest BCUT2D eigenvalue weighted by Crippen LogP contribution is 2.17. The highest BCUT2D eigenvalue weighted by atomic mass is 32.1. The molecular formula is C21H18N6O3S2. The van der Waals surface area contributed by atoms with Crippen LogP contribution >= 0.6 is 22.7 Å².